The molecule has 0 atom stereocenters. The first-order chi connectivity index (χ1) is 21.2. The molecule has 44 heavy (non-hydrogen) atoms. The maximum absolute atomic E-state index is 12.1. The third-order valence-corrected chi connectivity index (χ3v) is 6.26. The Labute approximate surface area is 255 Å². The largest absolute Gasteiger partial charge is 0.464 e. The van der Waals surface area contributed by atoms with Crippen LogP contribution in [0.5, 0.6) is 0 Å². The Kier molecular flexibility index (Phi) is 13.2. The van der Waals surface area contributed by atoms with Crippen molar-refractivity contribution in [2.45, 2.75) is 12.8 Å². The second-order valence-corrected chi connectivity index (χ2v) is 9.02. The minimum Gasteiger partial charge on any atom is -0.464 e. The van der Waals surface area contributed by atoms with Crippen LogP contribution in [0.4, 0.5) is 11.4 Å². The highest BCUT2D eigenvalue weighted by molar-refractivity contribution is 5.85. The Hall–Kier alpha value is -6.60. The van der Waals surface area contributed by atoms with E-state index in [-0.39, 0.29) is 48.5 Å². The van der Waals surface area contributed by atoms with Crippen LogP contribution in [0.15, 0.2) is 59.8 Å². The van der Waals surface area contributed by atoms with E-state index in [1.807, 2.05) is 21.9 Å². The van der Waals surface area contributed by atoms with Gasteiger partial charge in [0.2, 0.25) is 0 Å². The molecule has 218 valence electrons. The van der Waals surface area contributed by atoms with Crippen molar-refractivity contribution in [3.8, 4) is 30.3 Å². The highest BCUT2D eigenvalue weighted by atomic mass is 16.5. The van der Waals surface area contributed by atoms with Gasteiger partial charge in [0.05, 0.1) is 55.8 Å². The van der Waals surface area contributed by atoms with Crippen LogP contribution in [0.25, 0.3) is 16.0 Å². The van der Waals surface area contributed by atoms with Gasteiger partial charge in [-0.1, -0.05) is 24.3 Å². The molecule has 0 aliphatic carbocycles. The van der Waals surface area contributed by atoms with Crippen LogP contribution < -0.4 is 9.80 Å². The zero-order valence-corrected chi connectivity index (χ0v) is 24.1. The van der Waals surface area contributed by atoms with E-state index in [9.17, 15) is 20.1 Å². The number of nitriles is 5. The van der Waals surface area contributed by atoms with Crippen molar-refractivity contribution in [3.05, 3.63) is 82.3 Å². The molecule has 0 unspecified atom stereocenters. The summed E-state index contributed by atoms with van der Waals surface area (Å²) in [7, 11) is 3.57. The van der Waals surface area contributed by atoms with Crippen LogP contribution >= 0.6 is 0 Å². The summed E-state index contributed by atoms with van der Waals surface area (Å²) in [5, 5.41) is 45.6. The van der Waals surface area contributed by atoms with Crippen LogP contribution in [0.1, 0.15) is 24.0 Å². The van der Waals surface area contributed by atoms with Gasteiger partial charge >= 0.3 is 11.9 Å². The Morgan fingerprint density at radius 2 is 1.09 bits per heavy atom. The average Bonchev–Trinajstić information content (AvgIpc) is 3.05. The van der Waals surface area contributed by atoms with Crippen molar-refractivity contribution in [3.63, 3.8) is 0 Å². The molecule has 0 spiro atoms. The molecule has 0 aliphatic rings. The van der Waals surface area contributed by atoms with Gasteiger partial charge < -0.3 is 19.3 Å². The molecule has 0 bridgehead atoms. The molecule has 0 N–H and O–H groups in total. The number of likely N-dealkylation sites (N-methyl/N-ethyl adjacent to an activating group) is 2. The number of carbonyl (C=O) groups is 2. The topological polar surface area (TPSA) is 182 Å². The fourth-order valence-corrected chi connectivity index (χ4v) is 3.76. The van der Waals surface area contributed by atoms with Gasteiger partial charge in [0, 0.05) is 25.5 Å². The molecule has 0 fully saturated rings. The zero-order chi connectivity index (χ0) is 32.5. The van der Waals surface area contributed by atoms with Gasteiger partial charge in [-0.25, -0.2) is 10.1 Å². The van der Waals surface area contributed by atoms with Gasteiger partial charge in [-0.15, -0.1) is 0 Å². The van der Waals surface area contributed by atoms with Gasteiger partial charge in [0.25, 0.3) is 5.70 Å². The number of esters is 2. The first-order valence-electron chi connectivity index (χ1n) is 13.0. The second kappa shape index (κ2) is 17.3. The monoisotopic (exact) mass is 586 g/mol. The number of benzene rings is 2. The summed E-state index contributed by atoms with van der Waals surface area (Å²) in [6.45, 7) is 7.90. The first-order valence-corrected chi connectivity index (χ1v) is 13.0. The van der Waals surface area contributed by atoms with Crippen molar-refractivity contribution in [2.24, 2.45) is 0 Å². The lowest BCUT2D eigenvalue weighted by atomic mass is 10.0. The van der Waals surface area contributed by atoms with Crippen molar-refractivity contribution in [2.75, 3.05) is 50.2 Å². The Balaban J connectivity index is 1.73. The molecule has 0 aromatic heterocycles. The molecule has 12 heteroatoms. The van der Waals surface area contributed by atoms with E-state index in [2.05, 4.69) is 4.85 Å². The van der Waals surface area contributed by atoms with Crippen molar-refractivity contribution < 1.29 is 19.1 Å². The summed E-state index contributed by atoms with van der Waals surface area (Å²) in [6, 6.07) is 22.3. The van der Waals surface area contributed by atoms with Crippen LogP contribution in [0, 0.1) is 63.2 Å². The number of rotatable bonds is 13. The summed E-state index contributed by atoms with van der Waals surface area (Å²) in [5.41, 5.74) is 1.88. The zero-order valence-electron chi connectivity index (χ0n) is 24.1. The lowest BCUT2D eigenvalue weighted by Crippen LogP contribution is -2.25. The molecule has 2 aromatic carbocycles. The Morgan fingerprint density at radius 1 is 0.682 bits per heavy atom. The molecule has 0 saturated heterocycles. The molecule has 2 aromatic rings. The Morgan fingerprint density at radius 3 is 1.43 bits per heavy atom. The second-order valence-electron chi connectivity index (χ2n) is 9.02. The van der Waals surface area contributed by atoms with Gasteiger partial charge in [0.1, 0.15) is 37.0 Å². The van der Waals surface area contributed by atoms with Crippen LogP contribution in [-0.2, 0) is 19.1 Å². The van der Waals surface area contributed by atoms with E-state index < -0.39 is 11.9 Å². The predicted molar refractivity (Wildman–Crippen MR) is 159 cm³/mol. The fourth-order valence-electron chi connectivity index (χ4n) is 3.76. The average molecular weight is 587 g/mol. The number of anilines is 2. The maximum Gasteiger partial charge on any atom is 0.306 e. The number of hydrogen-bond donors (Lipinski definition) is 0. The standard InChI is InChI=1S/C32H26N8O4/c1-38-30(22-37)29(21-36)24-6-10-27(11-7-24)40(3)15-17-44-32(42)13-12-31(41)43-16-14-39(2)26-8-4-23(5-9-26)28(20-35)25(18-33)19-34/h4-11H,12-17H2,2-3H3. The predicted octanol–water partition coefficient (Wildman–Crippen LogP) is 4.13. The first kappa shape index (κ1) is 33.6. The quantitative estimate of drug-likeness (QED) is 0.187. The van der Waals surface area contributed by atoms with Gasteiger partial charge in [-0.3, -0.25) is 9.59 Å². The number of ether oxygens (including phenoxy) is 2. The smallest absolute Gasteiger partial charge is 0.306 e. The lowest BCUT2D eigenvalue weighted by molar-refractivity contribution is -0.150. The van der Waals surface area contributed by atoms with E-state index in [1.54, 1.807) is 80.8 Å². The van der Waals surface area contributed by atoms with Gasteiger partial charge in [0.15, 0.2) is 0 Å². The summed E-state index contributed by atoms with van der Waals surface area (Å²) in [6.07, 6.45) is -0.274. The minimum absolute atomic E-state index is 0.000244. The number of allylic oxidation sites excluding steroid dienone is 4. The summed E-state index contributed by atoms with van der Waals surface area (Å²) < 4.78 is 10.4. The third kappa shape index (κ3) is 9.50. The third-order valence-electron chi connectivity index (χ3n) is 6.26. The SMILES string of the molecule is [C-]#[N+]C(C#N)=C(C#N)c1ccc(N(C)CCOC(=O)CCC(=O)OCCN(C)c2ccc(C(C#N)=C(C#N)C#N)cc2)cc1. The molecule has 12 nitrogen and oxygen atoms in total. The van der Waals surface area contributed by atoms with E-state index in [0.717, 1.165) is 11.4 Å². The molecule has 0 saturated carbocycles. The van der Waals surface area contributed by atoms with Gasteiger partial charge in [-0.2, -0.15) is 21.0 Å². The summed E-state index contributed by atoms with van der Waals surface area (Å²) in [4.78, 5) is 30.9. The normalized spacial score (nSPS) is 10.1. The lowest BCUT2D eigenvalue weighted by Gasteiger charge is -2.20. The summed E-state index contributed by atoms with van der Waals surface area (Å²) >= 11 is 0. The van der Waals surface area contributed by atoms with Crippen molar-refractivity contribution >= 4 is 34.5 Å². The molecular weight excluding hydrogens is 560 g/mol. The molecule has 0 heterocycles. The maximum atomic E-state index is 12.1. The van der Waals surface area contributed by atoms with Crippen molar-refractivity contribution in [1.82, 2.24) is 0 Å². The summed E-state index contributed by atoms with van der Waals surface area (Å²) in [5.74, 6) is -1.09. The van der Waals surface area contributed by atoms with Gasteiger partial charge in [-0.05, 0) is 35.4 Å². The van der Waals surface area contributed by atoms with E-state index in [0.29, 0.717) is 24.2 Å². The van der Waals surface area contributed by atoms with E-state index >= 15 is 0 Å². The van der Waals surface area contributed by atoms with E-state index in [4.69, 9.17) is 31.8 Å². The van der Waals surface area contributed by atoms with Crippen LogP contribution in [0.2, 0.25) is 0 Å². The Bertz CT molecular complexity index is 1520. The van der Waals surface area contributed by atoms with Crippen LogP contribution in [-0.4, -0.2) is 52.3 Å². The molecule has 2 rings (SSSR count). The molecule has 0 radical (unpaired) electrons. The minimum atomic E-state index is -0.546. The number of hydrogen-bond acceptors (Lipinski definition) is 11. The molecule has 0 aliphatic heterocycles. The molecule has 0 amide bonds. The number of nitrogens with zero attached hydrogens (tertiary/aromatic N) is 8. The van der Waals surface area contributed by atoms with Crippen LogP contribution in [0.3, 0.4) is 0 Å². The fraction of sp³-hybridized carbons (Fsp3) is 0.250. The highest BCUT2D eigenvalue weighted by Crippen LogP contribution is 2.23. The van der Waals surface area contributed by atoms with E-state index in [1.165, 1.54) is 0 Å². The molecular formula is C32H26N8O4. The highest BCUT2D eigenvalue weighted by Gasteiger charge is 2.13. The van der Waals surface area contributed by atoms with Crippen molar-refractivity contribution in [1.29, 1.82) is 26.3 Å². The number of carbonyl (C=O) groups excluding carboxylic acids is 2.